The molecule has 0 bridgehead atoms. The minimum absolute atomic E-state index is 0.0911. The third kappa shape index (κ3) is 3.79. The van der Waals surface area contributed by atoms with Crippen molar-refractivity contribution < 1.29 is 22.7 Å². The molecule has 5 rings (SSSR count). The fourth-order valence-corrected chi connectivity index (χ4v) is 4.27. The first-order valence-electron chi connectivity index (χ1n) is 10.9. The van der Waals surface area contributed by atoms with E-state index in [9.17, 15) is 27.6 Å². The van der Waals surface area contributed by atoms with Crippen LogP contribution in [-0.2, 0) is 23.6 Å². The van der Waals surface area contributed by atoms with E-state index >= 15 is 0 Å². The van der Waals surface area contributed by atoms with Gasteiger partial charge in [-0.3, -0.25) is 28.8 Å². The lowest BCUT2D eigenvalue weighted by molar-refractivity contribution is -0.206. The molecule has 0 radical (unpaired) electrons. The third-order valence-electron chi connectivity index (χ3n) is 6.00. The molecule has 1 N–H and O–H groups in total. The first-order chi connectivity index (χ1) is 17.1. The predicted molar refractivity (Wildman–Crippen MR) is 123 cm³/mol. The highest BCUT2D eigenvalue weighted by Gasteiger charge is 2.43. The van der Waals surface area contributed by atoms with Gasteiger partial charge in [0.25, 0.3) is 5.56 Å². The zero-order valence-corrected chi connectivity index (χ0v) is 19.1. The molecule has 1 aromatic carbocycles. The number of piperazine rings is 1. The molecule has 188 valence electrons. The predicted octanol–water partition coefficient (Wildman–Crippen LogP) is 0.812. The second-order valence-corrected chi connectivity index (χ2v) is 8.27. The quantitative estimate of drug-likeness (QED) is 0.409. The molecule has 0 spiro atoms. The van der Waals surface area contributed by atoms with E-state index in [2.05, 4.69) is 20.0 Å². The van der Waals surface area contributed by atoms with Crippen molar-refractivity contribution in [3.05, 3.63) is 57.4 Å². The minimum atomic E-state index is -5.14. The number of imidazole rings is 1. The Bertz CT molecular complexity index is 1620. The van der Waals surface area contributed by atoms with Gasteiger partial charge in [0.05, 0.1) is 17.7 Å². The molecule has 14 heteroatoms. The highest BCUT2D eigenvalue weighted by Crippen LogP contribution is 2.29. The number of aromatic nitrogens is 5. The van der Waals surface area contributed by atoms with Gasteiger partial charge in [-0.15, -0.1) is 0 Å². The van der Waals surface area contributed by atoms with E-state index < -0.39 is 29.6 Å². The van der Waals surface area contributed by atoms with Crippen LogP contribution in [0.3, 0.4) is 0 Å². The highest BCUT2D eigenvalue weighted by atomic mass is 19.4. The van der Waals surface area contributed by atoms with Gasteiger partial charge >= 0.3 is 17.8 Å². The topological polar surface area (TPSA) is 116 Å². The number of ether oxygens (including phenoxy) is 1. The molecule has 1 aliphatic rings. The van der Waals surface area contributed by atoms with Crippen LogP contribution in [0, 0.1) is 0 Å². The average molecular weight is 503 g/mol. The fourth-order valence-electron chi connectivity index (χ4n) is 4.27. The summed E-state index contributed by atoms with van der Waals surface area (Å²) in [6.07, 6.45) is -4.83. The molecule has 0 amide bonds. The van der Waals surface area contributed by atoms with E-state index in [1.54, 1.807) is 33.9 Å². The van der Waals surface area contributed by atoms with Crippen molar-refractivity contribution in [3.8, 4) is 5.69 Å². The lowest BCUT2D eigenvalue weighted by Crippen LogP contribution is -2.54. The standard InChI is InChI=1S/C22H20F3N7O4/c1-29-17-16(18(33)30(2)21(29)35)32(13-7-3-5-12-6-4-8-27-15(12)13)20(28-17)31-10-9-26-14(11-31)36-19(34)22(23,24)25/h3-8,14,26H,9-11H2,1-2H3. The van der Waals surface area contributed by atoms with Crippen LogP contribution in [0.5, 0.6) is 0 Å². The number of nitrogens with zero attached hydrogens (tertiary/aromatic N) is 6. The zero-order valence-electron chi connectivity index (χ0n) is 19.1. The molecule has 36 heavy (non-hydrogen) atoms. The Morgan fingerprint density at radius 2 is 1.89 bits per heavy atom. The molecule has 1 unspecified atom stereocenters. The van der Waals surface area contributed by atoms with E-state index in [1.807, 2.05) is 12.1 Å². The molecule has 1 aliphatic heterocycles. The number of carbonyl (C=O) groups excluding carboxylic acids is 1. The van der Waals surface area contributed by atoms with Crippen molar-refractivity contribution >= 4 is 34.0 Å². The number of benzene rings is 1. The van der Waals surface area contributed by atoms with Crippen molar-refractivity contribution in [2.24, 2.45) is 14.1 Å². The van der Waals surface area contributed by atoms with Gasteiger partial charge in [-0.05, 0) is 12.1 Å². The molecule has 4 heterocycles. The summed E-state index contributed by atoms with van der Waals surface area (Å²) < 4.78 is 46.6. The summed E-state index contributed by atoms with van der Waals surface area (Å²) in [5.74, 6) is -2.12. The molecule has 1 saturated heterocycles. The largest absolute Gasteiger partial charge is 0.490 e. The lowest BCUT2D eigenvalue weighted by atomic mass is 10.2. The Hall–Kier alpha value is -4.20. The molecular formula is C22H20F3N7O4. The van der Waals surface area contributed by atoms with E-state index in [1.165, 1.54) is 18.7 Å². The number of aryl methyl sites for hydroxylation is 1. The monoisotopic (exact) mass is 503 g/mol. The Labute approximate surface area is 200 Å². The number of carbonyl (C=O) groups is 1. The van der Waals surface area contributed by atoms with Crippen LogP contribution in [0.1, 0.15) is 0 Å². The lowest BCUT2D eigenvalue weighted by Gasteiger charge is -2.34. The Balaban J connectivity index is 1.73. The minimum Gasteiger partial charge on any atom is -0.438 e. The number of halogens is 3. The Morgan fingerprint density at radius 3 is 2.64 bits per heavy atom. The molecule has 11 nitrogen and oxygen atoms in total. The zero-order chi connectivity index (χ0) is 25.8. The van der Waals surface area contributed by atoms with Crippen LogP contribution in [0.25, 0.3) is 27.8 Å². The van der Waals surface area contributed by atoms with Gasteiger partial charge in [0.2, 0.25) is 5.95 Å². The van der Waals surface area contributed by atoms with Crippen LogP contribution in [-0.4, -0.2) is 61.7 Å². The van der Waals surface area contributed by atoms with Gasteiger partial charge in [0.15, 0.2) is 17.4 Å². The van der Waals surface area contributed by atoms with Crippen LogP contribution in [0.4, 0.5) is 19.1 Å². The smallest absolute Gasteiger partial charge is 0.438 e. The van der Waals surface area contributed by atoms with E-state index in [0.717, 1.165) is 9.95 Å². The van der Waals surface area contributed by atoms with Crippen molar-refractivity contribution in [1.29, 1.82) is 0 Å². The number of esters is 1. The SMILES string of the molecule is Cn1c(=O)c2c(nc(N3CCNC(OC(=O)C(F)(F)F)C3)n2-c2cccc3cccnc23)n(C)c1=O. The van der Waals surface area contributed by atoms with Gasteiger partial charge in [-0.25, -0.2) is 9.59 Å². The summed E-state index contributed by atoms with van der Waals surface area (Å²) in [5.41, 5.74) is 0.0332. The van der Waals surface area contributed by atoms with Gasteiger partial charge in [0, 0.05) is 38.8 Å². The number of para-hydroxylation sites is 1. The summed E-state index contributed by atoms with van der Waals surface area (Å²) in [4.78, 5) is 47.9. The first-order valence-corrected chi connectivity index (χ1v) is 10.9. The normalized spacial score (nSPS) is 16.6. The third-order valence-corrected chi connectivity index (χ3v) is 6.00. The second kappa shape index (κ2) is 8.48. The number of fused-ring (bicyclic) bond motifs is 2. The molecule has 0 saturated carbocycles. The number of nitrogens with one attached hydrogen (secondary N) is 1. The van der Waals surface area contributed by atoms with E-state index in [4.69, 9.17) is 0 Å². The molecule has 4 aromatic rings. The molecular weight excluding hydrogens is 483 g/mol. The molecule has 3 aromatic heterocycles. The van der Waals surface area contributed by atoms with Gasteiger partial charge in [0.1, 0.15) is 0 Å². The van der Waals surface area contributed by atoms with Crippen LogP contribution in [0.15, 0.2) is 46.1 Å². The van der Waals surface area contributed by atoms with Crippen molar-refractivity contribution in [2.45, 2.75) is 12.4 Å². The maximum Gasteiger partial charge on any atom is 0.490 e. The average Bonchev–Trinajstić information content (AvgIpc) is 3.26. The number of rotatable bonds is 3. The number of alkyl halides is 3. The summed E-state index contributed by atoms with van der Waals surface area (Å²) in [6.45, 7) is 0.261. The first kappa shape index (κ1) is 23.5. The summed E-state index contributed by atoms with van der Waals surface area (Å²) in [7, 11) is 2.82. The summed E-state index contributed by atoms with van der Waals surface area (Å²) in [5, 5.41) is 3.51. The maximum atomic E-state index is 13.3. The Kier molecular flexibility index (Phi) is 5.54. The van der Waals surface area contributed by atoms with Crippen molar-refractivity contribution in [3.63, 3.8) is 0 Å². The summed E-state index contributed by atoms with van der Waals surface area (Å²) >= 11 is 0. The van der Waals surface area contributed by atoms with Gasteiger partial charge in [-0.1, -0.05) is 18.2 Å². The molecule has 0 aliphatic carbocycles. The second-order valence-electron chi connectivity index (χ2n) is 8.27. The van der Waals surface area contributed by atoms with Crippen molar-refractivity contribution in [2.75, 3.05) is 24.5 Å². The fraction of sp³-hybridized carbons (Fsp3) is 0.318. The van der Waals surface area contributed by atoms with Crippen molar-refractivity contribution in [1.82, 2.24) is 29.0 Å². The van der Waals surface area contributed by atoms with Crippen LogP contribution in [0.2, 0.25) is 0 Å². The van der Waals surface area contributed by atoms with Crippen LogP contribution >= 0.6 is 0 Å². The van der Waals surface area contributed by atoms with E-state index in [-0.39, 0.29) is 36.7 Å². The summed E-state index contributed by atoms with van der Waals surface area (Å²) in [6, 6.07) is 8.95. The highest BCUT2D eigenvalue weighted by molar-refractivity contribution is 5.90. The molecule has 1 atom stereocenters. The van der Waals surface area contributed by atoms with E-state index in [0.29, 0.717) is 11.2 Å². The molecule has 1 fully saturated rings. The van der Waals surface area contributed by atoms with Gasteiger partial charge in [-0.2, -0.15) is 18.2 Å². The number of pyridine rings is 1. The Morgan fingerprint density at radius 1 is 1.14 bits per heavy atom. The number of hydrogen-bond donors (Lipinski definition) is 1. The maximum absolute atomic E-state index is 13.3. The number of hydrogen-bond acceptors (Lipinski definition) is 8. The van der Waals surface area contributed by atoms with Crippen LogP contribution < -0.4 is 21.5 Å². The number of anilines is 1. The van der Waals surface area contributed by atoms with Gasteiger partial charge < -0.3 is 9.64 Å².